The Kier molecular flexibility index (Phi) is 7.07. The second-order valence-corrected chi connectivity index (χ2v) is 8.93. The summed E-state index contributed by atoms with van der Waals surface area (Å²) in [5.74, 6) is 0.145. The van der Waals surface area contributed by atoms with Gasteiger partial charge in [0.05, 0.1) is 20.1 Å². The summed E-state index contributed by atoms with van der Waals surface area (Å²) in [5, 5.41) is 0.925. The highest BCUT2D eigenvalue weighted by molar-refractivity contribution is 5.89. The minimum atomic E-state index is -0.311. The van der Waals surface area contributed by atoms with Crippen molar-refractivity contribution in [3.05, 3.63) is 89.9 Å². The van der Waals surface area contributed by atoms with E-state index in [2.05, 4.69) is 9.55 Å². The summed E-state index contributed by atoms with van der Waals surface area (Å²) in [6.07, 6.45) is 2.88. The van der Waals surface area contributed by atoms with E-state index in [1.165, 1.54) is 19.2 Å². The van der Waals surface area contributed by atoms with Gasteiger partial charge in [-0.15, -0.1) is 0 Å². The number of oxazole rings is 1. The van der Waals surface area contributed by atoms with Crippen LogP contribution in [-0.4, -0.2) is 42.8 Å². The Morgan fingerprint density at radius 2 is 1.92 bits per heavy atom. The van der Waals surface area contributed by atoms with Gasteiger partial charge in [-0.2, -0.15) is 4.98 Å². The molecule has 0 bridgehead atoms. The number of nitrogens with zero attached hydrogens (tertiary/aromatic N) is 3. The second-order valence-electron chi connectivity index (χ2n) is 8.93. The van der Waals surface area contributed by atoms with Crippen LogP contribution in [-0.2, 0) is 22.5 Å². The maximum atomic E-state index is 13.3. The monoisotopic (exact) mass is 501 g/mol. The summed E-state index contributed by atoms with van der Waals surface area (Å²) in [4.78, 5) is 18.5. The molecule has 0 atom stereocenters. The van der Waals surface area contributed by atoms with Gasteiger partial charge in [0.25, 0.3) is 6.01 Å². The lowest BCUT2D eigenvalue weighted by Gasteiger charge is -2.14. The van der Waals surface area contributed by atoms with Crippen LogP contribution < -0.4 is 9.64 Å². The number of carbonyl (C=O) groups excluding carboxylic acids is 1. The van der Waals surface area contributed by atoms with Crippen molar-refractivity contribution in [2.24, 2.45) is 0 Å². The first-order chi connectivity index (χ1) is 18.0. The smallest absolute Gasteiger partial charge is 0.310 e. The average Bonchev–Trinajstić information content (AvgIpc) is 3.49. The van der Waals surface area contributed by atoms with Gasteiger partial charge in [-0.1, -0.05) is 24.3 Å². The van der Waals surface area contributed by atoms with Gasteiger partial charge in [-0.25, -0.2) is 4.39 Å². The number of hydrogen-bond donors (Lipinski definition) is 0. The van der Waals surface area contributed by atoms with Crippen LogP contribution >= 0.6 is 0 Å². The van der Waals surface area contributed by atoms with E-state index in [9.17, 15) is 9.18 Å². The second kappa shape index (κ2) is 10.7. The van der Waals surface area contributed by atoms with Crippen molar-refractivity contribution >= 4 is 34.0 Å². The van der Waals surface area contributed by atoms with Crippen LogP contribution in [0.4, 0.5) is 10.4 Å². The zero-order valence-corrected chi connectivity index (χ0v) is 20.8. The van der Waals surface area contributed by atoms with Gasteiger partial charge in [-0.05, 0) is 60.0 Å². The molecule has 0 amide bonds. The van der Waals surface area contributed by atoms with Crippen molar-refractivity contribution in [2.75, 3.05) is 32.2 Å². The highest BCUT2D eigenvalue weighted by atomic mass is 19.1. The van der Waals surface area contributed by atoms with Crippen molar-refractivity contribution in [3.8, 4) is 5.75 Å². The molecule has 37 heavy (non-hydrogen) atoms. The Labute approximate surface area is 214 Å². The third-order valence-corrected chi connectivity index (χ3v) is 6.28. The van der Waals surface area contributed by atoms with Crippen molar-refractivity contribution in [3.63, 3.8) is 0 Å². The van der Waals surface area contributed by atoms with E-state index >= 15 is 0 Å². The number of carbonyl (C=O) groups is 1. The van der Waals surface area contributed by atoms with E-state index in [1.807, 2.05) is 60.6 Å². The Morgan fingerprint density at radius 1 is 1.11 bits per heavy atom. The number of fused-ring (bicyclic) bond motifs is 2. The first kappa shape index (κ1) is 24.4. The van der Waals surface area contributed by atoms with Crippen molar-refractivity contribution in [2.45, 2.75) is 19.4 Å². The molecule has 5 rings (SSSR count). The van der Waals surface area contributed by atoms with Gasteiger partial charge >= 0.3 is 5.97 Å². The average molecular weight is 502 g/mol. The van der Waals surface area contributed by atoms with Gasteiger partial charge in [-0.3, -0.25) is 4.79 Å². The molecule has 0 aliphatic carbocycles. The number of rotatable bonds is 10. The molecule has 0 aliphatic rings. The van der Waals surface area contributed by atoms with Crippen LogP contribution in [0.15, 0.2) is 77.3 Å². The third-order valence-electron chi connectivity index (χ3n) is 6.28. The molecule has 7 nitrogen and oxygen atoms in total. The Morgan fingerprint density at radius 3 is 2.70 bits per heavy atom. The fourth-order valence-corrected chi connectivity index (χ4v) is 4.34. The number of esters is 1. The van der Waals surface area contributed by atoms with Crippen molar-refractivity contribution in [1.29, 1.82) is 0 Å². The summed E-state index contributed by atoms with van der Waals surface area (Å²) in [6, 6.07) is 20.6. The van der Waals surface area contributed by atoms with Crippen LogP contribution in [0.1, 0.15) is 17.5 Å². The van der Waals surface area contributed by atoms with E-state index in [-0.39, 0.29) is 18.2 Å². The molecule has 3 aromatic carbocycles. The Hall–Kier alpha value is -4.33. The molecule has 0 radical (unpaired) electrons. The van der Waals surface area contributed by atoms with E-state index < -0.39 is 0 Å². The minimum Gasteiger partial charge on any atom is -0.494 e. The predicted molar refractivity (Wildman–Crippen MR) is 141 cm³/mol. The lowest BCUT2D eigenvalue weighted by atomic mass is 10.1. The quantitative estimate of drug-likeness (QED) is 0.184. The molecular formula is C29H28FN3O4. The molecule has 2 aromatic heterocycles. The van der Waals surface area contributed by atoms with E-state index in [4.69, 9.17) is 13.9 Å². The lowest BCUT2D eigenvalue weighted by Crippen LogP contribution is -2.20. The number of benzene rings is 3. The number of ether oxygens (including phenoxy) is 2. The summed E-state index contributed by atoms with van der Waals surface area (Å²) in [6.45, 7) is 1.79. The Balaban J connectivity index is 1.27. The van der Waals surface area contributed by atoms with Crippen LogP contribution in [0.3, 0.4) is 0 Å². The molecule has 190 valence electrons. The first-order valence-electron chi connectivity index (χ1n) is 12.1. The SMILES string of the molecule is COC(=O)Cc1cn(Cc2ccc(F)cc2)c2ccc(OCCCN(C)c3nc4ccccc4o3)cc12. The molecule has 0 saturated heterocycles. The van der Waals surface area contributed by atoms with Crippen LogP contribution in [0.25, 0.3) is 22.0 Å². The maximum absolute atomic E-state index is 13.3. The van der Waals surface area contributed by atoms with Crippen molar-refractivity contribution < 1.29 is 23.1 Å². The molecule has 2 heterocycles. The summed E-state index contributed by atoms with van der Waals surface area (Å²) < 4.78 is 32.1. The van der Waals surface area contributed by atoms with Gasteiger partial charge in [0.1, 0.15) is 17.1 Å². The zero-order chi connectivity index (χ0) is 25.8. The predicted octanol–water partition coefficient (Wildman–Crippen LogP) is 5.59. The summed E-state index contributed by atoms with van der Waals surface area (Å²) in [5.41, 5.74) is 4.38. The largest absolute Gasteiger partial charge is 0.494 e. The topological polar surface area (TPSA) is 69.7 Å². The molecular weight excluding hydrogens is 473 g/mol. The van der Waals surface area contributed by atoms with E-state index in [1.54, 1.807) is 12.1 Å². The Bertz CT molecular complexity index is 1490. The van der Waals surface area contributed by atoms with Crippen LogP contribution in [0.2, 0.25) is 0 Å². The fourth-order valence-electron chi connectivity index (χ4n) is 4.34. The number of anilines is 1. The van der Waals surface area contributed by atoms with E-state index in [0.717, 1.165) is 51.8 Å². The molecule has 0 saturated carbocycles. The summed E-state index contributed by atoms with van der Waals surface area (Å²) in [7, 11) is 3.33. The molecule has 8 heteroatoms. The van der Waals surface area contributed by atoms with Gasteiger partial charge in [0.2, 0.25) is 0 Å². The fraction of sp³-hybridized carbons (Fsp3) is 0.241. The molecule has 0 unspecified atom stereocenters. The lowest BCUT2D eigenvalue weighted by molar-refractivity contribution is -0.139. The van der Waals surface area contributed by atoms with Gasteiger partial charge in [0.15, 0.2) is 5.58 Å². The first-order valence-corrected chi connectivity index (χ1v) is 12.1. The summed E-state index contributed by atoms with van der Waals surface area (Å²) >= 11 is 0. The number of aromatic nitrogens is 2. The number of hydrogen-bond acceptors (Lipinski definition) is 6. The molecule has 0 N–H and O–H groups in total. The molecule has 0 aliphatic heterocycles. The van der Waals surface area contributed by atoms with Crippen LogP contribution in [0.5, 0.6) is 5.75 Å². The van der Waals surface area contributed by atoms with Gasteiger partial charge in [0, 0.05) is 37.2 Å². The molecule has 5 aromatic rings. The molecule has 0 fully saturated rings. The minimum absolute atomic E-state index is 0.155. The van der Waals surface area contributed by atoms with E-state index in [0.29, 0.717) is 19.2 Å². The van der Waals surface area contributed by atoms with Gasteiger partial charge < -0.3 is 23.4 Å². The normalized spacial score (nSPS) is 11.2. The highest BCUT2D eigenvalue weighted by Crippen LogP contribution is 2.28. The highest BCUT2D eigenvalue weighted by Gasteiger charge is 2.14. The third kappa shape index (κ3) is 5.58. The zero-order valence-electron chi connectivity index (χ0n) is 20.8. The standard InChI is InChI=1S/C29H28FN3O4/c1-32(29-31-25-6-3-4-7-27(25)37-29)14-5-15-36-23-12-13-26-24(17-23)21(16-28(34)35-2)19-33(26)18-20-8-10-22(30)11-9-20/h3-4,6-13,17,19H,5,14-16,18H2,1-2H3. The number of methoxy groups -OCH3 is 1. The van der Waals surface area contributed by atoms with Crippen LogP contribution in [0, 0.1) is 5.82 Å². The molecule has 0 spiro atoms. The number of para-hydroxylation sites is 2. The van der Waals surface area contributed by atoms with Crippen molar-refractivity contribution in [1.82, 2.24) is 9.55 Å². The number of halogens is 1. The maximum Gasteiger partial charge on any atom is 0.310 e.